The first-order chi connectivity index (χ1) is 13.2. The number of aromatic nitrogens is 2. The van der Waals surface area contributed by atoms with Gasteiger partial charge in [0.1, 0.15) is 6.33 Å². The number of carbonyl (C=O) groups is 2. The van der Waals surface area contributed by atoms with Gasteiger partial charge in [0.25, 0.3) is 0 Å². The molecule has 0 unspecified atom stereocenters. The molecule has 0 bridgehead atoms. The first-order valence-corrected chi connectivity index (χ1v) is 8.76. The first-order valence-electron chi connectivity index (χ1n) is 8.76. The molecule has 1 fully saturated rings. The van der Waals surface area contributed by atoms with E-state index in [0.29, 0.717) is 19.6 Å². The van der Waals surface area contributed by atoms with Crippen molar-refractivity contribution in [2.24, 2.45) is 0 Å². The van der Waals surface area contributed by atoms with E-state index in [1.54, 1.807) is 11.0 Å². The number of urea groups is 1. The van der Waals surface area contributed by atoms with Crippen LogP contribution in [-0.2, 0) is 11.3 Å². The van der Waals surface area contributed by atoms with E-state index < -0.39 is 0 Å². The number of fused-ring (bicyclic) bond motifs is 1. The molecule has 2 aromatic carbocycles. The minimum absolute atomic E-state index is 0.0377. The van der Waals surface area contributed by atoms with Crippen LogP contribution in [0.15, 0.2) is 54.9 Å². The Morgan fingerprint density at radius 3 is 2.78 bits per heavy atom. The number of benzene rings is 2. The van der Waals surface area contributed by atoms with Gasteiger partial charge in [-0.2, -0.15) is 0 Å². The quantitative estimate of drug-likeness (QED) is 0.653. The number of para-hydroxylation sites is 2. The van der Waals surface area contributed by atoms with Gasteiger partial charge >= 0.3 is 6.03 Å². The van der Waals surface area contributed by atoms with Gasteiger partial charge in [0.15, 0.2) is 0 Å². The SMILES string of the molecule is O=C1CN(c2ccc(CNC(=O)Nn3cnc4ccccc43)cc2)CCN1. The summed E-state index contributed by atoms with van der Waals surface area (Å²) in [6.45, 7) is 2.23. The van der Waals surface area contributed by atoms with Crippen LogP contribution >= 0.6 is 0 Å². The van der Waals surface area contributed by atoms with Gasteiger partial charge in [-0.15, -0.1) is 0 Å². The molecule has 4 rings (SSSR count). The van der Waals surface area contributed by atoms with E-state index in [2.05, 4.69) is 21.0 Å². The van der Waals surface area contributed by atoms with Gasteiger partial charge in [-0.05, 0) is 29.8 Å². The number of amides is 3. The molecule has 27 heavy (non-hydrogen) atoms. The van der Waals surface area contributed by atoms with Crippen LogP contribution in [0.25, 0.3) is 11.0 Å². The Balaban J connectivity index is 1.33. The zero-order valence-corrected chi connectivity index (χ0v) is 14.7. The molecule has 1 aromatic heterocycles. The summed E-state index contributed by atoms with van der Waals surface area (Å²) in [7, 11) is 0. The molecule has 1 saturated heterocycles. The Kier molecular flexibility index (Phi) is 4.61. The number of carbonyl (C=O) groups excluding carboxylic acids is 2. The smallest absolute Gasteiger partial charge is 0.334 e. The third-order valence-electron chi connectivity index (χ3n) is 4.47. The number of imidazole rings is 1. The third-order valence-corrected chi connectivity index (χ3v) is 4.47. The Morgan fingerprint density at radius 2 is 1.96 bits per heavy atom. The van der Waals surface area contributed by atoms with Gasteiger partial charge in [-0.25, -0.2) is 19.9 Å². The predicted molar refractivity (Wildman–Crippen MR) is 103 cm³/mol. The molecule has 2 heterocycles. The van der Waals surface area contributed by atoms with Crippen LogP contribution in [0.5, 0.6) is 0 Å². The number of anilines is 1. The normalized spacial score (nSPS) is 14.1. The van der Waals surface area contributed by atoms with Crippen LogP contribution in [0, 0.1) is 0 Å². The van der Waals surface area contributed by atoms with E-state index in [1.807, 2.05) is 53.4 Å². The highest BCUT2D eigenvalue weighted by atomic mass is 16.2. The topological polar surface area (TPSA) is 91.3 Å². The summed E-state index contributed by atoms with van der Waals surface area (Å²) in [5.74, 6) is 0.0377. The lowest BCUT2D eigenvalue weighted by atomic mass is 10.2. The molecule has 8 heteroatoms. The van der Waals surface area contributed by atoms with Crippen LogP contribution in [0.4, 0.5) is 10.5 Å². The Hall–Kier alpha value is -3.55. The molecule has 8 nitrogen and oxygen atoms in total. The molecular weight excluding hydrogens is 344 g/mol. The van der Waals surface area contributed by atoms with Gasteiger partial charge < -0.3 is 15.5 Å². The highest BCUT2D eigenvalue weighted by Crippen LogP contribution is 2.16. The molecule has 0 spiro atoms. The van der Waals surface area contributed by atoms with Crippen LogP contribution in [0.1, 0.15) is 5.56 Å². The van der Waals surface area contributed by atoms with Crippen LogP contribution in [0.2, 0.25) is 0 Å². The van der Waals surface area contributed by atoms with Crippen molar-refractivity contribution in [3.8, 4) is 0 Å². The predicted octanol–water partition coefficient (Wildman–Crippen LogP) is 1.43. The number of hydrogen-bond acceptors (Lipinski definition) is 4. The van der Waals surface area contributed by atoms with Crippen molar-refractivity contribution in [1.82, 2.24) is 20.3 Å². The van der Waals surface area contributed by atoms with E-state index in [-0.39, 0.29) is 11.9 Å². The summed E-state index contributed by atoms with van der Waals surface area (Å²) in [6, 6.07) is 15.1. The van der Waals surface area contributed by atoms with Gasteiger partial charge in [0, 0.05) is 25.3 Å². The van der Waals surface area contributed by atoms with Crippen molar-refractivity contribution in [3.63, 3.8) is 0 Å². The average molecular weight is 364 g/mol. The molecule has 3 N–H and O–H groups in total. The molecular formula is C19H20N6O2. The van der Waals surface area contributed by atoms with Crippen molar-refractivity contribution in [3.05, 3.63) is 60.4 Å². The molecule has 0 atom stereocenters. The van der Waals surface area contributed by atoms with Gasteiger partial charge in [0.2, 0.25) is 5.91 Å². The minimum atomic E-state index is -0.310. The van der Waals surface area contributed by atoms with Gasteiger partial charge in [0.05, 0.1) is 17.6 Å². The number of rotatable bonds is 4. The Labute approximate surface area is 156 Å². The molecule has 3 aromatic rings. The maximum absolute atomic E-state index is 12.2. The molecule has 0 aliphatic carbocycles. The number of nitrogens with zero attached hydrogens (tertiary/aromatic N) is 3. The Bertz CT molecular complexity index is 966. The van der Waals surface area contributed by atoms with Crippen molar-refractivity contribution >= 4 is 28.7 Å². The fourth-order valence-corrected chi connectivity index (χ4v) is 3.06. The van der Waals surface area contributed by atoms with E-state index in [9.17, 15) is 9.59 Å². The second-order valence-corrected chi connectivity index (χ2v) is 6.34. The Morgan fingerprint density at radius 1 is 1.15 bits per heavy atom. The van der Waals surface area contributed by atoms with Crippen molar-refractivity contribution in [1.29, 1.82) is 0 Å². The molecule has 138 valence electrons. The van der Waals surface area contributed by atoms with Crippen LogP contribution in [-0.4, -0.2) is 41.2 Å². The minimum Gasteiger partial charge on any atom is -0.360 e. The summed E-state index contributed by atoms with van der Waals surface area (Å²) in [5.41, 5.74) is 6.39. The van der Waals surface area contributed by atoms with Crippen LogP contribution in [0.3, 0.4) is 0 Å². The lowest BCUT2D eigenvalue weighted by Crippen LogP contribution is -2.47. The summed E-state index contributed by atoms with van der Waals surface area (Å²) in [4.78, 5) is 29.9. The van der Waals surface area contributed by atoms with E-state index >= 15 is 0 Å². The molecule has 1 aliphatic heterocycles. The maximum atomic E-state index is 12.2. The van der Waals surface area contributed by atoms with E-state index in [0.717, 1.165) is 28.8 Å². The molecule has 0 radical (unpaired) electrons. The second kappa shape index (κ2) is 7.36. The number of hydrogen-bond donors (Lipinski definition) is 3. The highest BCUT2D eigenvalue weighted by Gasteiger charge is 2.16. The first kappa shape index (κ1) is 16.9. The van der Waals surface area contributed by atoms with Gasteiger partial charge in [-0.1, -0.05) is 24.3 Å². The molecule has 1 aliphatic rings. The average Bonchev–Trinajstić information content (AvgIpc) is 3.10. The van der Waals surface area contributed by atoms with Gasteiger partial charge in [-0.3, -0.25) is 4.79 Å². The van der Waals surface area contributed by atoms with Crippen LogP contribution < -0.4 is 21.0 Å². The third kappa shape index (κ3) is 3.84. The summed E-state index contributed by atoms with van der Waals surface area (Å²) < 4.78 is 1.59. The lowest BCUT2D eigenvalue weighted by molar-refractivity contribution is -0.120. The standard InChI is InChI=1S/C19H20N6O2/c26-18-12-24(10-9-20-18)15-7-5-14(6-8-15)11-21-19(27)23-25-13-22-16-3-1-2-4-17(16)25/h1-8,13H,9-12H2,(H,20,26)(H2,21,23,27). The summed E-state index contributed by atoms with van der Waals surface area (Å²) in [5, 5.41) is 5.65. The monoisotopic (exact) mass is 364 g/mol. The van der Waals surface area contributed by atoms with E-state index in [1.165, 1.54) is 0 Å². The fraction of sp³-hybridized carbons (Fsp3) is 0.211. The molecule has 0 saturated carbocycles. The van der Waals surface area contributed by atoms with E-state index in [4.69, 9.17) is 0 Å². The second-order valence-electron chi connectivity index (χ2n) is 6.34. The summed E-state index contributed by atoms with van der Waals surface area (Å²) >= 11 is 0. The molecule has 3 amide bonds. The number of piperazine rings is 1. The summed E-state index contributed by atoms with van der Waals surface area (Å²) in [6.07, 6.45) is 1.58. The number of nitrogens with one attached hydrogen (secondary N) is 3. The highest BCUT2D eigenvalue weighted by molar-refractivity contribution is 5.85. The lowest BCUT2D eigenvalue weighted by Gasteiger charge is -2.28. The largest absolute Gasteiger partial charge is 0.360 e. The van der Waals surface area contributed by atoms with Crippen molar-refractivity contribution in [2.75, 3.05) is 30.0 Å². The van der Waals surface area contributed by atoms with Crippen molar-refractivity contribution < 1.29 is 9.59 Å². The zero-order valence-electron chi connectivity index (χ0n) is 14.7. The maximum Gasteiger partial charge on any atom is 0.334 e. The van der Waals surface area contributed by atoms with Crippen molar-refractivity contribution in [2.45, 2.75) is 6.54 Å². The fourth-order valence-electron chi connectivity index (χ4n) is 3.06. The zero-order chi connectivity index (χ0) is 18.6.